The van der Waals surface area contributed by atoms with Crippen molar-refractivity contribution in [2.75, 3.05) is 26.2 Å². The molecule has 0 aliphatic carbocycles. The van der Waals surface area contributed by atoms with Crippen LogP contribution in [0.15, 0.2) is 0 Å². The van der Waals surface area contributed by atoms with E-state index in [1.54, 1.807) is 0 Å². The molecule has 2 saturated heterocycles. The Morgan fingerprint density at radius 2 is 1.87 bits per heavy atom. The fourth-order valence-corrected chi connectivity index (χ4v) is 2.40. The SMILES string of the molecule is CC(C(=O)N1CCCCC1)N1CC(N)C1. The van der Waals surface area contributed by atoms with Crippen molar-refractivity contribution in [1.29, 1.82) is 0 Å². The first-order chi connectivity index (χ1) is 7.18. The number of nitrogens with two attached hydrogens (primary N) is 1. The molecule has 1 atom stereocenters. The van der Waals surface area contributed by atoms with E-state index in [9.17, 15) is 4.79 Å². The molecule has 0 saturated carbocycles. The van der Waals surface area contributed by atoms with E-state index in [2.05, 4.69) is 4.90 Å². The van der Waals surface area contributed by atoms with E-state index in [1.165, 1.54) is 6.42 Å². The van der Waals surface area contributed by atoms with Crippen LogP contribution in [-0.4, -0.2) is 54.0 Å². The Kier molecular flexibility index (Phi) is 3.26. The van der Waals surface area contributed by atoms with Gasteiger partial charge in [-0.3, -0.25) is 9.69 Å². The third kappa shape index (κ3) is 2.32. The first-order valence-electron chi connectivity index (χ1n) is 5.97. The van der Waals surface area contributed by atoms with Gasteiger partial charge >= 0.3 is 0 Å². The van der Waals surface area contributed by atoms with Crippen LogP contribution in [-0.2, 0) is 4.79 Å². The molecular formula is C11H21N3O. The minimum atomic E-state index is 0.0305. The Bertz CT molecular complexity index is 232. The van der Waals surface area contributed by atoms with E-state index in [4.69, 9.17) is 5.73 Å². The summed E-state index contributed by atoms with van der Waals surface area (Å²) in [6.45, 7) is 5.65. The van der Waals surface area contributed by atoms with Crippen LogP contribution < -0.4 is 5.73 Å². The smallest absolute Gasteiger partial charge is 0.239 e. The van der Waals surface area contributed by atoms with Gasteiger partial charge in [-0.15, -0.1) is 0 Å². The number of amides is 1. The van der Waals surface area contributed by atoms with Crippen LogP contribution in [0, 0.1) is 0 Å². The minimum Gasteiger partial charge on any atom is -0.341 e. The number of hydrogen-bond acceptors (Lipinski definition) is 3. The van der Waals surface area contributed by atoms with Gasteiger partial charge in [-0.25, -0.2) is 0 Å². The van der Waals surface area contributed by atoms with Gasteiger partial charge in [0.25, 0.3) is 0 Å². The van der Waals surface area contributed by atoms with E-state index in [1.807, 2.05) is 11.8 Å². The number of likely N-dealkylation sites (tertiary alicyclic amines) is 2. The predicted octanol–water partition coefficient (Wildman–Crippen LogP) is 0.0303. The molecule has 1 unspecified atom stereocenters. The number of carbonyl (C=O) groups excluding carboxylic acids is 1. The Hall–Kier alpha value is -0.610. The van der Waals surface area contributed by atoms with Crippen LogP contribution in [0.3, 0.4) is 0 Å². The number of hydrogen-bond donors (Lipinski definition) is 1. The zero-order valence-corrected chi connectivity index (χ0v) is 9.48. The van der Waals surface area contributed by atoms with Gasteiger partial charge in [-0.2, -0.15) is 0 Å². The lowest BCUT2D eigenvalue weighted by atomic mass is 10.0. The largest absolute Gasteiger partial charge is 0.341 e. The zero-order chi connectivity index (χ0) is 10.8. The molecule has 2 rings (SSSR count). The van der Waals surface area contributed by atoms with Crippen molar-refractivity contribution in [1.82, 2.24) is 9.80 Å². The van der Waals surface area contributed by atoms with Crippen molar-refractivity contribution in [3.63, 3.8) is 0 Å². The summed E-state index contributed by atoms with van der Waals surface area (Å²) in [5, 5.41) is 0. The van der Waals surface area contributed by atoms with Crippen LogP contribution in [0.1, 0.15) is 26.2 Å². The number of nitrogens with zero attached hydrogens (tertiary/aromatic N) is 2. The van der Waals surface area contributed by atoms with Gasteiger partial charge in [0.05, 0.1) is 6.04 Å². The maximum absolute atomic E-state index is 12.1. The molecule has 0 aromatic heterocycles. The molecule has 0 radical (unpaired) electrons. The zero-order valence-electron chi connectivity index (χ0n) is 9.48. The molecule has 4 nitrogen and oxygen atoms in total. The first kappa shape index (κ1) is 10.9. The van der Waals surface area contributed by atoms with Crippen LogP contribution in [0.5, 0.6) is 0 Å². The summed E-state index contributed by atoms with van der Waals surface area (Å²) in [6, 6.07) is 0.310. The lowest BCUT2D eigenvalue weighted by Crippen LogP contribution is -2.62. The summed E-state index contributed by atoms with van der Waals surface area (Å²) in [6.07, 6.45) is 3.60. The van der Waals surface area contributed by atoms with Crippen LogP contribution in [0.25, 0.3) is 0 Å². The third-order valence-electron chi connectivity index (χ3n) is 3.51. The molecule has 0 aromatic rings. The predicted molar refractivity (Wildman–Crippen MR) is 59.4 cm³/mol. The van der Waals surface area contributed by atoms with E-state index < -0.39 is 0 Å². The van der Waals surface area contributed by atoms with Crippen molar-refractivity contribution in [3.05, 3.63) is 0 Å². The highest BCUT2D eigenvalue weighted by molar-refractivity contribution is 5.81. The molecule has 2 N–H and O–H groups in total. The molecule has 4 heteroatoms. The lowest BCUT2D eigenvalue weighted by Gasteiger charge is -2.42. The Morgan fingerprint density at radius 3 is 2.40 bits per heavy atom. The fraction of sp³-hybridized carbons (Fsp3) is 0.909. The molecule has 2 aliphatic rings. The summed E-state index contributed by atoms with van der Waals surface area (Å²) in [7, 11) is 0. The van der Waals surface area contributed by atoms with Crippen LogP contribution in [0.2, 0.25) is 0 Å². The van der Waals surface area contributed by atoms with Gasteiger partial charge in [0.1, 0.15) is 0 Å². The average molecular weight is 211 g/mol. The maximum Gasteiger partial charge on any atom is 0.239 e. The molecule has 15 heavy (non-hydrogen) atoms. The molecule has 2 fully saturated rings. The van der Waals surface area contributed by atoms with Gasteiger partial charge in [-0.05, 0) is 26.2 Å². The number of rotatable bonds is 2. The van der Waals surface area contributed by atoms with Crippen molar-refractivity contribution in [3.8, 4) is 0 Å². The fourth-order valence-electron chi connectivity index (χ4n) is 2.40. The van der Waals surface area contributed by atoms with Crippen molar-refractivity contribution in [2.24, 2.45) is 5.73 Å². The molecule has 2 aliphatic heterocycles. The first-order valence-corrected chi connectivity index (χ1v) is 5.97. The molecule has 0 spiro atoms. The summed E-state index contributed by atoms with van der Waals surface area (Å²) in [5.41, 5.74) is 5.72. The van der Waals surface area contributed by atoms with Gasteiger partial charge in [0.2, 0.25) is 5.91 Å². The highest BCUT2D eigenvalue weighted by Crippen LogP contribution is 2.15. The Morgan fingerprint density at radius 1 is 1.27 bits per heavy atom. The van der Waals surface area contributed by atoms with Gasteiger partial charge in [0.15, 0.2) is 0 Å². The van der Waals surface area contributed by atoms with Crippen LogP contribution >= 0.6 is 0 Å². The summed E-state index contributed by atoms with van der Waals surface area (Å²) < 4.78 is 0. The Labute approximate surface area is 91.4 Å². The molecule has 0 aromatic carbocycles. The van der Waals surface area contributed by atoms with Gasteiger partial charge in [0, 0.05) is 32.2 Å². The van der Waals surface area contributed by atoms with Crippen LogP contribution in [0.4, 0.5) is 0 Å². The molecule has 0 bridgehead atoms. The monoisotopic (exact) mass is 211 g/mol. The van der Waals surface area contributed by atoms with Crippen molar-refractivity contribution < 1.29 is 4.79 Å². The maximum atomic E-state index is 12.1. The van der Waals surface area contributed by atoms with Crippen molar-refractivity contribution >= 4 is 5.91 Å². The standard InChI is InChI=1S/C11H21N3O/c1-9(14-7-10(12)8-14)11(15)13-5-3-2-4-6-13/h9-10H,2-8,12H2,1H3. The molecular weight excluding hydrogens is 190 g/mol. The Balaban J connectivity index is 1.83. The lowest BCUT2D eigenvalue weighted by molar-refractivity contribution is -0.139. The van der Waals surface area contributed by atoms with E-state index in [0.29, 0.717) is 5.91 Å². The van der Waals surface area contributed by atoms with Gasteiger partial charge < -0.3 is 10.6 Å². The highest BCUT2D eigenvalue weighted by atomic mass is 16.2. The normalized spacial score (nSPS) is 26.1. The number of carbonyl (C=O) groups is 1. The second kappa shape index (κ2) is 4.49. The summed E-state index contributed by atoms with van der Waals surface area (Å²) >= 11 is 0. The van der Waals surface area contributed by atoms with E-state index >= 15 is 0 Å². The topological polar surface area (TPSA) is 49.6 Å². The minimum absolute atomic E-state index is 0.0305. The van der Waals surface area contributed by atoms with E-state index in [-0.39, 0.29) is 12.1 Å². The summed E-state index contributed by atoms with van der Waals surface area (Å²) in [5.74, 6) is 0.293. The second-order valence-corrected chi connectivity index (χ2v) is 4.78. The quantitative estimate of drug-likeness (QED) is 0.701. The second-order valence-electron chi connectivity index (χ2n) is 4.78. The van der Waals surface area contributed by atoms with Gasteiger partial charge in [-0.1, -0.05) is 0 Å². The van der Waals surface area contributed by atoms with Crippen molar-refractivity contribution in [2.45, 2.75) is 38.3 Å². The summed E-state index contributed by atoms with van der Waals surface area (Å²) in [4.78, 5) is 16.3. The molecule has 1 amide bonds. The third-order valence-corrected chi connectivity index (χ3v) is 3.51. The molecule has 2 heterocycles. The highest BCUT2D eigenvalue weighted by Gasteiger charge is 2.33. The van der Waals surface area contributed by atoms with E-state index in [0.717, 1.165) is 39.0 Å². The average Bonchev–Trinajstić information content (AvgIpc) is 2.24. The molecule has 86 valence electrons. The number of piperidine rings is 1.